The molecule has 0 saturated heterocycles. The summed E-state index contributed by atoms with van der Waals surface area (Å²) in [6.45, 7) is 0. The van der Waals surface area contributed by atoms with E-state index >= 15 is 0 Å². The Morgan fingerprint density at radius 1 is 1.89 bits per heavy atom. The fraction of sp³-hybridized carbons (Fsp3) is 0. The molecular formula is C4H2INO2S. The van der Waals surface area contributed by atoms with E-state index in [0.717, 1.165) is 2.88 Å². The van der Waals surface area contributed by atoms with Crippen LogP contribution in [0.25, 0.3) is 0 Å². The van der Waals surface area contributed by atoms with Gasteiger partial charge < -0.3 is 5.11 Å². The van der Waals surface area contributed by atoms with Crippen LogP contribution >= 0.6 is 34.1 Å². The maximum Gasteiger partial charge on any atom is 0.355 e. The van der Waals surface area contributed by atoms with Crippen molar-refractivity contribution in [3.8, 4) is 0 Å². The molecule has 1 aromatic heterocycles. The van der Waals surface area contributed by atoms with Gasteiger partial charge in [0.15, 0.2) is 5.69 Å². The van der Waals surface area contributed by atoms with E-state index in [2.05, 4.69) is 4.37 Å². The highest BCUT2D eigenvalue weighted by Gasteiger charge is 2.05. The minimum Gasteiger partial charge on any atom is -0.476 e. The number of aromatic nitrogens is 1. The summed E-state index contributed by atoms with van der Waals surface area (Å²) < 4.78 is 4.54. The van der Waals surface area contributed by atoms with Crippen LogP contribution in [0.3, 0.4) is 0 Å². The summed E-state index contributed by atoms with van der Waals surface area (Å²) in [7, 11) is 0. The maximum absolute atomic E-state index is 10.2. The lowest BCUT2D eigenvalue weighted by atomic mass is 10.5. The van der Waals surface area contributed by atoms with Crippen LogP contribution in [0.5, 0.6) is 0 Å². The van der Waals surface area contributed by atoms with E-state index in [1.165, 1.54) is 17.6 Å². The summed E-state index contributed by atoms with van der Waals surface area (Å²) in [5.41, 5.74) is 0.129. The topological polar surface area (TPSA) is 50.2 Å². The molecule has 0 aliphatic rings. The Hall–Kier alpha value is -0.170. The predicted molar refractivity (Wildman–Crippen MR) is 41.8 cm³/mol. The van der Waals surface area contributed by atoms with Crippen LogP contribution in [0.4, 0.5) is 0 Å². The molecule has 0 radical (unpaired) electrons. The average molecular weight is 255 g/mol. The molecule has 0 bridgehead atoms. The van der Waals surface area contributed by atoms with Crippen molar-refractivity contribution in [2.75, 3.05) is 0 Å². The molecule has 0 spiro atoms. The lowest BCUT2D eigenvalue weighted by Gasteiger charge is -1.77. The van der Waals surface area contributed by atoms with Crippen molar-refractivity contribution in [1.29, 1.82) is 0 Å². The smallest absolute Gasteiger partial charge is 0.355 e. The van der Waals surface area contributed by atoms with Crippen molar-refractivity contribution in [2.24, 2.45) is 0 Å². The van der Waals surface area contributed by atoms with E-state index in [1.807, 2.05) is 22.6 Å². The molecule has 0 amide bonds. The van der Waals surface area contributed by atoms with Crippen molar-refractivity contribution in [3.05, 3.63) is 14.6 Å². The summed E-state index contributed by atoms with van der Waals surface area (Å²) in [4.78, 5) is 10.2. The molecule has 0 aliphatic heterocycles. The Balaban J connectivity index is 2.98. The molecule has 1 aromatic rings. The van der Waals surface area contributed by atoms with Gasteiger partial charge in [-0.25, -0.2) is 4.79 Å². The van der Waals surface area contributed by atoms with Gasteiger partial charge in [-0.1, -0.05) is 0 Å². The van der Waals surface area contributed by atoms with Crippen LogP contribution in [0.1, 0.15) is 10.5 Å². The lowest BCUT2D eigenvalue weighted by Crippen LogP contribution is -1.94. The Labute approximate surface area is 69.0 Å². The fourth-order valence-electron chi connectivity index (χ4n) is 0.354. The molecule has 3 nitrogen and oxygen atoms in total. The zero-order chi connectivity index (χ0) is 6.85. The zero-order valence-electron chi connectivity index (χ0n) is 4.17. The summed E-state index contributed by atoms with van der Waals surface area (Å²) in [6.07, 6.45) is 0. The molecule has 0 aliphatic carbocycles. The first-order chi connectivity index (χ1) is 4.20. The fourth-order valence-corrected chi connectivity index (χ4v) is 1.42. The SMILES string of the molecule is O=C(O)c1cc(I)sn1. The van der Waals surface area contributed by atoms with Crippen molar-refractivity contribution in [1.82, 2.24) is 4.37 Å². The Bertz CT molecular complexity index is 234. The first-order valence-electron chi connectivity index (χ1n) is 2.05. The predicted octanol–water partition coefficient (Wildman–Crippen LogP) is 1.45. The molecule has 0 atom stereocenters. The molecular weight excluding hydrogens is 253 g/mol. The van der Waals surface area contributed by atoms with E-state index in [0.29, 0.717) is 0 Å². The second kappa shape index (κ2) is 2.61. The molecule has 9 heavy (non-hydrogen) atoms. The van der Waals surface area contributed by atoms with Crippen molar-refractivity contribution >= 4 is 40.1 Å². The molecule has 5 heteroatoms. The molecule has 48 valence electrons. The number of carboxylic acid groups (broad SMARTS) is 1. The van der Waals surface area contributed by atoms with E-state index in [1.54, 1.807) is 0 Å². The summed E-state index contributed by atoms with van der Waals surface area (Å²) >= 11 is 3.22. The number of rotatable bonds is 1. The van der Waals surface area contributed by atoms with Crippen molar-refractivity contribution < 1.29 is 9.90 Å². The molecule has 1 rings (SSSR count). The van der Waals surface area contributed by atoms with Gasteiger partial charge in [0, 0.05) is 0 Å². The van der Waals surface area contributed by atoms with Crippen LogP contribution in [0.15, 0.2) is 6.07 Å². The van der Waals surface area contributed by atoms with Gasteiger partial charge in [0.2, 0.25) is 0 Å². The molecule has 0 unspecified atom stereocenters. The number of hydrogen-bond acceptors (Lipinski definition) is 3. The van der Waals surface area contributed by atoms with Crippen LogP contribution in [0, 0.1) is 2.88 Å². The number of hydrogen-bond donors (Lipinski definition) is 1. The van der Waals surface area contributed by atoms with E-state index < -0.39 is 5.97 Å². The number of carbonyl (C=O) groups is 1. The Kier molecular flexibility index (Phi) is 2.01. The number of carboxylic acids is 1. The molecule has 0 aromatic carbocycles. The zero-order valence-corrected chi connectivity index (χ0v) is 7.14. The van der Waals surface area contributed by atoms with Gasteiger partial charge in [-0.3, -0.25) is 0 Å². The highest BCUT2D eigenvalue weighted by atomic mass is 127. The highest BCUT2D eigenvalue weighted by Crippen LogP contribution is 2.11. The van der Waals surface area contributed by atoms with Gasteiger partial charge in [0.05, 0.1) is 2.88 Å². The van der Waals surface area contributed by atoms with Gasteiger partial charge in [-0.2, -0.15) is 4.37 Å². The lowest BCUT2D eigenvalue weighted by molar-refractivity contribution is 0.0692. The van der Waals surface area contributed by atoms with Gasteiger partial charge in [0.1, 0.15) is 0 Å². The van der Waals surface area contributed by atoms with E-state index in [4.69, 9.17) is 5.11 Å². The Morgan fingerprint density at radius 2 is 2.56 bits per heavy atom. The third-order valence-corrected chi connectivity index (χ3v) is 2.18. The molecule has 1 heterocycles. The summed E-state index contributed by atoms with van der Waals surface area (Å²) in [5, 5.41) is 8.34. The standard InChI is InChI=1S/C4H2INO2S/c5-3-1-2(4(7)8)6-9-3/h1H,(H,7,8). The maximum atomic E-state index is 10.2. The minimum atomic E-state index is -0.964. The number of halogens is 1. The second-order valence-electron chi connectivity index (χ2n) is 1.32. The first kappa shape index (κ1) is 6.94. The molecule has 1 N–H and O–H groups in total. The quantitative estimate of drug-likeness (QED) is 0.772. The average Bonchev–Trinajstić information content (AvgIpc) is 2.14. The minimum absolute atomic E-state index is 0.129. The molecule has 0 fully saturated rings. The monoisotopic (exact) mass is 255 g/mol. The van der Waals surface area contributed by atoms with Gasteiger partial charge in [0.25, 0.3) is 0 Å². The van der Waals surface area contributed by atoms with Gasteiger partial charge in [-0.05, 0) is 40.2 Å². The van der Waals surface area contributed by atoms with Crippen molar-refractivity contribution in [3.63, 3.8) is 0 Å². The highest BCUT2D eigenvalue weighted by molar-refractivity contribution is 14.1. The summed E-state index contributed by atoms with van der Waals surface area (Å²) in [6, 6.07) is 1.54. The Morgan fingerprint density at radius 3 is 2.78 bits per heavy atom. The second-order valence-corrected chi connectivity index (χ2v) is 4.02. The normalized spacial score (nSPS) is 9.44. The van der Waals surface area contributed by atoms with Crippen LogP contribution < -0.4 is 0 Å². The third kappa shape index (κ3) is 1.62. The van der Waals surface area contributed by atoms with E-state index in [9.17, 15) is 4.79 Å². The first-order valence-corrected chi connectivity index (χ1v) is 3.91. The number of aromatic carboxylic acids is 1. The van der Waals surface area contributed by atoms with E-state index in [-0.39, 0.29) is 5.69 Å². The summed E-state index contributed by atoms with van der Waals surface area (Å²) in [5.74, 6) is -0.964. The van der Waals surface area contributed by atoms with Gasteiger partial charge in [-0.15, -0.1) is 0 Å². The third-order valence-electron chi connectivity index (χ3n) is 0.701. The largest absolute Gasteiger partial charge is 0.476 e. The van der Waals surface area contributed by atoms with Crippen LogP contribution in [-0.4, -0.2) is 15.4 Å². The van der Waals surface area contributed by atoms with Crippen LogP contribution in [-0.2, 0) is 0 Å². The molecule has 0 saturated carbocycles. The van der Waals surface area contributed by atoms with Crippen molar-refractivity contribution in [2.45, 2.75) is 0 Å². The number of nitrogens with zero attached hydrogens (tertiary/aromatic N) is 1. The van der Waals surface area contributed by atoms with Gasteiger partial charge >= 0.3 is 5.97 Å². The van der Waals surface area contributed by atoms with Crippen LogP contribution in [0.2, 0.25) is 0 Å².